The van der Waals surface area contributed by atoms with Gasteiger partial charge < -0.3 is 20.3 Å². The van der Waals surface area contributed by atoms with Crippen molar-refractivity contribution in [1.29, 1.82) is 0 Å². The van der Waals surface area contributed by atoms with E-state index in [1.165, 1.54) is 0 Å². The third-order valence-corrected chi connectivity index (χ3v) is 10.7. The number of carbonyl (C=O) groups is 3. The molecular formula is C28H44N2O6. The Morgan fingerprint density at radius 2 is 1.72 bits per heavy atom. The number of amides is 2. The molecule has 4 aliphatic carbocycles. The fourth-order valence-corrected chi connectivity index (χ4v) is 8.13. The van der Waals surface area contributed by atoms with Gasteiger partial charge in [-0.05, 0) is 68.6 Å². The third kappa shape index (κ3) is 4.38. The van der Waals surface area contributed by atoms with Gasteiger partial charge in [-0.1, -0.05) is 33.8 Å². The van der Waals surface area contributed by atoms with Crippen LogP contribution in [0.4, 0.5) is 9.59 Å². The van der Waals surface area contributed by atoms with Crippen LogP contribution < -0.4 is 11.1 Å². The molecule has 4 saturated carbocycles. The zero-order valence-corrected chi connectivity index (χ0v) is 22.3. The minimum atomic E-state index is -0.887. The summed E-state index contributed by atoms with van der Waals surface area (Å²) in [6.07, 6.45) is 4.49. The number of rotatable bonds is 3. The van der Waals surface area contributed by atoms with Crippen LogP contribution in [0.3, 0.4) is 0 Å². The van der Waals surface area contributed by atoms with E-state index in [0.29, 0.717) is 25.7 Å². The first-order valence-corrected chi connectivity index (χ1v) is 13.7. The van der Waals surface area contributed by atoms with Gasteiger partial charge in [0.15, 0.2) is 0 Å². The molecule has 4 aliphatic rings. The molecule has 2 bridgehead atoms. The fraction of sp³-hybridized carbons (Fsp3) is 0.821. The van der Waals surface area contributed by atoms with Gasteiger partial charge in [0.25, 0.3) is 0 Å². The molecule has 0 aliphatic heterocycles. The second-order valence-electron chi connectivity index (χ2n) is 12.5. The first kappa shape index (κ1) is 27.1. The van der Waals surface area contributed by atoms with Crippen LogP contribution >= 0.6 is 0 Å². The summed E-state index contributed by atoms with van der Waals surface area (Å²) >= 11 is 0. The highest BCUT2D eigenvalue weighted by atomic mass is 16.6. The van der Waals surface area contributed by atoms with Gasteiger partial charge >= 0.3 is 12.2 Å². The molecule has 4 N–H and O–H groups in total. The summed E-state index contributed by atoms with van der Waals surface area (Å²) in [5, 5.41) is 13.8. The highest BCUT2D eigenvalue weighted by Crippen LogP contribution is 2.67. The predicted molar refractivity (Wildman–Crippen MR) is 135 cm³/mol. The number of ether oxygens (including phenoxy) is 2. The van der Waals surface area contributed by atoms with Crippen molar-refractivity contribution in [1.82, 2.24) is 5.32 Å². The van der Waals surface area contributed by atoms with Crippen molar-refractivity contribution in [3.63, 3.8) is 0 Å². The van der Waals surface area contributed by atoms with Crippen LogP contribution in [-0.2, 0) is 14.3 Å². The van der Waals surface area contributed by atoms with E-state index in [-0.39, 0.29) is 41.1 Å². The molecule has 202 valence electrons. The number of aliphatic hydroxyl groups is 1. The van der Waals surface area contributed by atoms with Gasteiger partial charge in [0.2, 0.25) is 0 Å². The Kier molecular flexibility index (Phi) is 7.34. The van der Waals surface area contributed by atoms with Crippen LogP contribution in [0.25, 0.3) is 0 Å². The maximum atomic E-state index is 13.4. The van der Waals surface area contributed by atoms with E-state index < -0.39 is 35.2 Å². The lowest BCUT2D eigenvalue weighted by atomic mass is 9.44. The minimum Gasteiger partial charge on any atom is -0.446 e. The molecule has 8 heteroatoms. The van der Waals surface area contributed by atoms with Crippen molar-refractivity contribution >= 4 is 18.0 Å². The maximum absolute atomic E-state index is 13.4. The van der Waals surface area contributed by atoms with E-state index in [1.54, 1.807) is 6.08 Å². The van der Waals surface area contributed by atoms with Crippen molar-refractivity contribution in [3.8, 4) is 0 Å². The average Bonchev–Trinajstić information content (AvgIpc) is 3.19. The Labute approximate surface area is 214 Å². The summed E-state index contributed by atoms with van der Waals surface area (Å²) in [7, 11) is 0. The van der Waals surface area contributed by atoms with Crippen LogP contribution in [0.15, 0.2) is 12.7 Å². The van der Waals surface area contributed by atoms with Crippen LogP contribution in [0.2, 0.25) is 0 Å². The van der Waals surface area contributed by atoms with E-state index in [2.05, 4.69) is 32.7 Å². The molecule has 1 unspecified atom stereocenters. The first-order chi connectivity index (χ1) is 16.9. The number of hydrogen-bond donors (Lipinski definition) is 3. The molecule has 4 fully saturated rings. The number of hydrogen-bond acceptors (Lipinski definition) is 7. The summed E-state index contributed by atoms with van der Waals surface area (Å²) in [4.78, 5) is 38.9. The van der Waals surface area contributed by atoms with E-state index >= 15 is 0 Å². The lowest BCUT2D eigenvalue weighted by Crippen LogP contribution is -2.63. The molecule has 0 aromatic rings. The fourth-order valence-electron chi connectivity index (χ4n) is 8.13. The zero-order valence-electron chi connectivity index (χ0n) is 22.3. The number of carbonyl (C=O) groups excluding carboxylic acids is 3. The van der Waals surface area contributed by atoms with Crippen LogP contribution in [0.5, 0.6) is 0 Å². The topological polar surface area (TPSA) is 128 Å². The molecule has 0 saturated heterocycles. The summed E-state index contributed by atoms with van der Waals surface area (Å²) in [5.74, 6) is -0.110. The summed E-state index contributed by atoms with van der Waals surface area (Å²) in [5.41, 5.74) is 4.21. The number of imide groups is 1. The number of aliphatic hydroxyl groups excluding tert-OH is 1. The number of ketones is 1. The summed E-state index contributed by atoms with van der Waals surface area (Å²) < 4.78 is 11.4. The molecule has 0 aromatic carbocycles. The standard InChI is InChI=1S/C28H44N2O6/c1-6-26(4)15-21(36-25(34)30-24(33)35-19-9-7-18(29)8-10-19)27(5)16(2)11-13-28(17(3)23(26)32)14-12-20(31)22(27)28/h6,16-19,21-23,32H,1,7-15,29H2,2-5H3,(H,30,33,34)/t16?,17-,18?,19?,21+,22-,23-,26+,27-,28-/m0/s1. The van der Waals surface area contributed by atoms with E-state index in [9.17, 15) is 19.5 Å². The normalized spacial score (nSPS) is 46.6. The van der Waals surface area contributed by atoms with E-state index in [0.717, 1.165) is 32.1 Å². The highest BCUT2D eigenvalue weighted by Gasteiger charge is 2.68. The lowest BCUT2D eigenvalue weighted by molar-refractivity contribution is -0.191. The van der Waals surface area contributed by atoms with Gasteiger partial charge in [0.05, 0.1) is 6.10 Å². The minimum absolute atomic E-state index is 0.0999. The zero-order chi connectivity index (χ0) is 26.5. The predicted octanol–water partition coefficient (Wildman–Crippen LogP) is 4.48. The number of nitrogens with one attached hydrogen (secondary N) is 1. The molecule has 0 heterocycles. The maximum Gasteiger partial charge on any atom is 0.416 e. The summed E-state index contributed by atoms with van der Waals surface area (Å²) in [6.45, 7) is 12.2. The second kappa shape index (κ2) is 9.75. The lowest BCUT2D eigenvalue weighted by Gasteiger charge is -2.61. The quantitative estimate of drug-likeness (QED) is 0.483. The molecule has 0 radical (unpaired) electrons. The van der Waals surface area contributed by atoms with Crippen molar-refractivity contribution < 1.29 is 29.0 Å². The molecule has 0 aromatic heterocycles. The Morgan fingerprint density at radius 3 is 2.36 bits per heavy atom. The number of alkyl carbamates (subject to hydrolysis) is 2. The van der Waals surface area contributed by atoms with Crippen LogP contribution in [0.1, 0.15) is 85.5 Å². The molecule has 8 nitrogen and oxygen atoms in total. The van der Waals surface area contributed by atoms with Crippen molar-refractivity contribution in [2.24, 2.45) is 39.7 Å². The van der Waals surface area contributed by atoms with Crippen molar-refractivity contribution in [2.45, 2.75) is 110 Å². The van der Waals surface area contributed by atoms with Gasteiger partial charge in [-0.15, -0.1) is 6.58 Å². The largest absolute Gasteiger partial charge is 0.446 e. The Bertz CT molecular complexity index is 900. The molecule has 2 amide bonds. The van der Waals surface area contributed by atoms with Crippen LogP contribution in [0, 0.1) is 34.0 Å². The van der Waals surface area contributed by atoms with E-state index in [4.69, 9.17) is 15.2 Å². The van der Waals surface area contributed by atoms with Gasteiger partial charge in [0, 0.05) is 29.2 Å². The van der Waals surface area contributed by atoms with E-state index in [1.807, 2.05) is 6.92 Å². The SMILES string of the molecule is C=C[C@]1(C)C[C@@H](OC(=O)NC(=O)OC2CCC(N)CC2)[C@]2(C)C(C)CC[C@]3(CCC(=O)[C@H]32)[C@@H](C)[C@@H]1O. The van der Waals surface area contributed by atoms with Crippen LogP contribution in [-0.4, -0.2) is 47.4 Å². The monoisotopic (exact) mass is 504 g/mol. The Balaban J connectivity index is 1.59. The van der Waals surface area contributed by atoms with Gasteiger partial charge in [0.1, 0.15) is 18.0 Å². The molecule has 36 heavy (non-hydrogen) atoms. The molecule has 0 spiro atoms. The smallest absolute Gasteiger partial charge is 0.416 e. The highest BCUT2D eigenvalue weighted by molar-refractivity contribution is 5.88. The Hall–Kier alpha value is -1.93. The average molecular weight is 505 g/mol. The Morgan fingerprint density at radius 1 is 1.08 bits per heavy atom. The van der Waals surface area contributed by atoms with Gasteiger partial charge in [-0.3, -0.25) is 4.79 Å². The van der Waals surface area contributed by atoms with Gasteiger partial charge in [-0.2, -0.15) is 0 Å². The number of Topliss-reactive ketones (excluding diaryl/α,β-unsaturated/α-hetero) is 1. The van der Waals surface area contributed by atoms with Crippen molar-refractivity contribution in [3.05, 3.63) is 12.7 Å². The molecule has 4 rings (SSSR count). The van der Waals surface area contributed by atoms with Gasteiger partial charge in [-0.25, -0.2) is 14.9 Å². The number of nitrogens with two attached hydrogens (primary N) is 1. The molecule has 8 atom stereocenters. The third-order valence-electron chi connectivity index (χ3n) is 10.7. The van der Waals surface area contributed by atoms with Crippen molar-refractivity contribution in [2.75, 3.05) is 0 Å². The first-order valence-electron chi connectivity index (χ1n) is 13.7. The molecular weight excluding hydrogens is 460 g/mol. The summed E-state index contributed by atoms with van der Waals surface area (Å²) in [6, 6.07) is 0.123. The second-order valence-corrected chi connectivity index (χ2v) is 12.5.